The first kappa shape index (κ1) is 12.9. The summed E-state index contributed by atoms with van der Waals surface area (Å²) >= 11 is 0. The van der Waals surface area contributed by atoms with Crippen LogP contribution in [0.3, 0.4) is 0 Å². The molecule has 2 nitrogen and oxygen atoms in total. The molecule has 0 bridgehead atoms. The van der Waals surface area contributed by atoms with Gasteiger partial charge in [-0.2, -0.15) is 0 Å². The quantitative estimate of drug-likeness (QED) is 0.888. The lowest BCUT2D eigenvalue weighted by atomic mass is 10.0. The van der Waals surface area contributed by atoms with Crippen LogP contribution < -0.4 is 10.5 Å². The third kappa shape index (κ3) is 2.49. The molecular formula is C16H21NO. The van der Waals surface area contributed by atoms with E-state index >= 15 is 0 Å². The molecule has 0 aliphatic carbocycles. The molecule has 0 fully saturated rings. The lowest BCUT2D eigenvalue weighted by molar-refractivity contribution is 0.173. The fraction of sp³-hybridized carbons (Fsp3) is 0.375. The highest BCUT2D eigenvalue weighted by Crippen LogP contribution is 2.29. The maximum atomic E-state index is 6.05. The van der Waals surface area contributed by atoms with Crippen molar-refractivity contribution in [3.63, 3.8) is 0 Å². The van der Waals surface area contributed by atoms with Crippen molar-refractivity contribution >= 4 is 10.8 Å². The van der Waals surface area contributed by atoms with Crippen molar-refractivity contribution < 1.29 is 4.74 Å². The summed E-state index contributed by atoms with van der Waals surface area (Å²) < 4.78 is 6.05. The van der Waals surface area contributed by atoms with E-state index in [1.165, 1.54) is 5.39 Å². The fourth-order valence-electron chi connectivity index (χ4n) is 1.95. The molecule has 0 saturated heterocycles. The Hall–Kier alpha value is -1.54. The molecule has 2 heteroatoms. The highest BCUT2D eigenvalue weighted by molar-refractivity contribution is 5.91. The van der Waals surface area contributed by atoms with E-state index in [2.05, 4.69) is 39.0 Å². The molecule has 1 unspecified atom stereocenters. The van der Waals surface area contributed by atoms with E-state index < -0.39 is 0 Å². The summed E-state index contributed by atoms with van der Waals surface area (Å²) in [4.78, 5) is 0. The standard InChI is InChI=1S/C16H21NO/c1-11(2)12(3)18-16-9-8-13(10-17)14-6-4-5-7-15(14)16/h4-9,11-12H,10,17H2,1-3H3. The Morgan fingerprint density at radius 3 is 2.28 bits per heavy atom. The molecule has 96 valence electrons. The number of benzene rings is 2. The Bertz CT molecular complexity index is 534. The molecule has 0 aromatic heterocycles. The molecule has 0 heterocycles. The van der Waals surface area contributed by atoms with Gasteiger partial charge in [-0.05, 0) is 29.9 Å². The number of ether oxygens (including phenoxy) is 1. The molecule has 0 aliphatic heterocycles. The SMILES string of the molecule is CC(C)C(C)Oc1ccc(CN)c2ccccc12. The van der Waals surface area contributed by atoms with Crippen molar-refractivity contribution in [2.75, 3.05) is 0 Å². The molecule has 2 rings (SSSR count). The molecular weight excluding hydrogens is 222 g/mol. The van der Waals surface area contributed by atoms with Crippen LogP contribution in [-0.2, 0) is 6.54 Å². The number of hydrogen-bond donors (Lipinski definition) is 1. The predicted molar refractivity (Wildman–Crippen MR) is 76.8 cm³/mol. The second kappa shape index (κ2) is 5.40. The van der Waals surface area contributed by atoms with Crippen molar-refractivity contribution in [3.8, 4) is 5.75 Å². The van der Waals surface area contributed by atoms with Crippen molar-refractivity contribution in [2.24, 2.45) is 11.7 Å². The summed E-state index contributed by atoms with van der Waals surface area (Å²) in [7, 11) is 0. The third-order valence-electron chi connectivity index (χ3n) is 3.45. The maximum absolute atomic E-state index is 6.05. The largest absolute Gasteiger partial charge is 0.490 e. The topological polar surface area (TPSA) is 35.2 Å². The van der Waals surface area contributed by atoms with Crippen molar-refractivity contribution in [1.82, 2.24) is 0 Å². The fourth-order valence-corrected chi connectivity index (χ4v) is 1.95. The van der Waals surface area contributed by atoms with Crippen LogP contribution in [-0.4, -0.2) is 6.10 Å². The van der Waals surface area contributed by atoms with Gasteiger partial charge in [0.15, 0.2) is 0 Å². The van der Waals surface area contributed by atoms with Crippen LogP contribution in [0.5, 0.6) is 5.75 Å². The molecule has 0 aliphatic rings. The van der Waals surface area contributed by atoms with E-state index in [1.807, 2.05) is 18.2 Å². The van der Waals surface area contributed by atoms with Crippen molar-refractivity contribution in [3.05, 3.63) is 42.0 Å². The number of rotatable bonds is 4. The van der Waals surface area contributed by atoms with E-state index in [0.29, 0.717) is 12.5 Å². The Morgan fingerprint density at radius 2 is 1.67 bits per heavy atom. The summed E-state index contributed by atoms with van der Waals surface area (Å²) in [5.41, 5.74) is 6.94. The monoisotopic (exact) mass is 243 g/mol. The highest BCUT2D eigenvalue weighted by Gasteiger charge is 2.11. The average Bonchev–Trinajstić information content (AvgIpc) is 2.39. The first-order valence-corrected chi connectivity index (χ1v) is 6.51. The smallest absolute Gasteiger partial charge is 0.127 e. The zero-order valence-electron chi connectivity index (χ0n) is 11.3. The normalized spacial score (nSPS) is 12.9. The number of nitrogens with two attached hydrogens (primary N) is 1. The van der Waals surface area contributed by atoms with Gasteiger partial charge < -0.3 is 10.5 Å². The summed E-state index contributed by atoms with van der Waals surface area (Å²) in [6, 6.07) is 12.4. The second-order valence-corrected chi connectivity index (χ2v) is 5.04. The van der Waals surface area contributed by atoms with Crippen LogP contribution in [0.25, 0.3) is 10.8 Å². The van der Waals surface area contributed by atoms with Gasteiger partial charge in [0.2, 0.25) is 0 Å². The van der Waals surface area contributed by atoms with Crippen LogP contribution in [0.2, 0.25) is 0 Å². The first-order chi connectivity index (χ1) is 8.63. The zero-order chi connectivity index (χ0) is 13.1. The predicted octanol–water partition coefficient (Wildman–Crippen LogP) is 3.72. The Kier molecular flexibility index (Phi) is 3.87. The van der Waals surface area contributed by atoms with Gasteiger partial charge in [0.25, 0.3) is 0 Å². The minimum absolute atomic E-state index is 0.206. The van der Waals surface area contributed by atoms with E-state index in [1.54, 1.807) is 0 Å². The molecule has 0 radical (unpaired) electrons. The van der Waals surface area contributed by atoms with Crippen LogP contribution in [0.4, 0.5) is 0 Å². The van der Waals surface area contributed by atoms with E-state index in [4.69, 9.17) is 10.5 Å². The summed E-state index contributed by atoms with van der Waals surface area (Å²) in [6.07, 6.45) is 0.206. The van der Waals surface area contributed by atoms with Crippen LogP contribution >= 0.6 is 0 Å². The molecule has 2 N–H and O–H groups in total. The average molecular weight is 243 g/mol. The Labute approximate surface area is 109 Å². The molecule has 18 heavy (non-hydrogen) atoms. The summed E-state index contributed by atoms with van der Waals surface area (Å²) in [5.74, 6) is 1.45. The van der Waals surface area contributed by atoms with Gasteiger partial charge in [-0.1, -0.05) is 44.2 Å². The van der Waals surface area contributed by atoms with Gasteiger partial charge in [0.1, 0.15) is 5.75 Å². The molecule has 0 saturated carbocycles. The van der Waals surface area contributed by atoms with Gasteiger partial charge in [0.05, 0.1) is 6.10 Å². The second-order valence-electron chi connectivity index (χ2n) is 5.04. The highest BCUT2D eigenvalue weighted by atomic mass is 16.5. The van der Waals surface area contributed by atoms with Crippen LogP contribution in [0.15, 0.2) is 36.4 Å². The summed E-state index contributed by atoms with van der Waals surface area (Å²) in [5, 5.41) is 2.33. The van der Waals surface area contributed by atoms with Crippen molar-refractivity contribution in [2.45, 2.75) is 33.4 Å². The van der Waals surface area contributed by atoms with E-state index in [0.717, 1.165) is 16.7 Å². The number of fused-ring (bicyclic) bond motifs is 1. The van der Waals surface area contributed by atoms with Gasteiger partial charge >= 0.3 is 0 Å². The first-order valence-electron chi connectivity index (χ1n) is 6.51. The molecule has 0 spiro atoms. The van der Waals surface area contributed by atoms with Gasteiger partial charge in [0, 0.05) is 11.9 Å². The van der Waals surface area contributed by atoms with E-state index in [9.17, 15) is 0 Å². The third-order valence-corrected chi connectivity index (χ3v) is 3.45. The van der Waals surface area contributed by atoms with Crippen LogP contribution in [0.1, 0.15) is 26.3 Å². The minimum atomic E-state index is 0.206. The Morgan fingerprint density at radius 1 is 1.00 bits per heavy atom. The van der Waals surface area contributed by atoms with Crippen molar-refractivity contribution in [1.29, 1.82) is 0 Å². The molecule has 0 amide bonds. The lowest BCUT2D eigenvalue weighted by Crippen LogP contribution is -2.18. The molecule has 1 atom stereocenters. The van der Waals surface area contributed by atoms with Gasteiger partial charge in [-0.25, -0.2) is 0 Å². The molecule has 2 aromatic rings. The lowest BCUT2D eigenvalue weighted by Gasteiger charge is -2.20. The number of hydrogen-bond acceptors (Lipinski definition) is 2. The minimum Gasteiger partial charge on any atom is -0.490 e. The Balaban J connectivity index is 2.46. The van der Waals surface area contributed by atoms with Gasteiger partial charge in [-0.15, -0.1) is 0 Å². The molecule has 2 aromatic carbocycles. The zero-order valence-corrected chi connectivity index (χ0v) is 11.3. The van der Waals surface area contributed by atoms with Gasteiger partial charge in [-0.3, -0.25) is 0 Å². The van der Waals surface area contributed by atoms with E-state index in [-0.39, 0.29) is 6.10 Å². The van der Waals surface area contributed by atoms with Crippen LogP contribution in [0, 0.1) is 5.92 Å². The maximum Gasteiger partial charge on any atom is 0.127 e. The summed E-state index contributed by atoms with van der Waals surface area (Å²) in [6.45, 7) is 7.00.